The minimum atomic E-state index is -0.523. The molecule has 0 bridgehead atoms. The van der Waals surface area contributed by atoms with Crippen LogP contribution in [0.4, 0.5) is 0 Å². The first-order chi connectivity index (χ1) is 13.3. The van der Waals surface area contributed by atoms with Crippen LogP contribution < -0.4 is 11.5 Å². The number of likely N-dealkylation sites (tertiary alicyclic amines) is 1. The second-order valence-corrected chi connectivity index (χ2v) is 7.65. The summed E-state index contributed by atoms with van der Waals surface area (Å²) in [6, 6.07) is 7.00. The third kappa shape index (κ3) is 7.40. The van der Waals surface area contributed by atoms with Gasteiger partial charge in [-0.1, -0.05) is 29.4 Å². The van der Waals surface area contributed by atoms with Crippen molar-refractivity contribution in [1.29, 1.82) is 0 Å². The summed E-state index contributed by atoms with van der Waals surface area (Å²) in [4.78, 5) is 30.0. The number of carbonyl (C=O) groups excluding carboxylic acids is 2. The Morgan fingerprint density at radius 3 is 2.50 bits per heavy atom. The number of ketones is 1. The van der Waals surface area contributed by atoms with Crippen molar-refractivity contribution in [1.82, 2.24) is 4.90 Å². The summed E-state index contributed by atoms with van der Waals surface area (Å²) in [6.07, 6.45) is 5.29. The number of amidine groups is 1. The van der Waals surface area contributed by atoms with Crippen LogP contribution in [0.3, 0.4) is 0 Å². The van der Waals surface area contributed by atoms with Gasteiger partial charge in [-0.3, -0.25) is 4.79 Å². The quantitative estimate of drug-likeness (QED) is 0.289. The highest BCUT2D eigenvalue weighted by Crippen LogP contribution is 2.21. The van der Waals surface area contributed by atoms with Gasteiger partial charge in [0, 0.05) is 18.9 Å². The first kappa shape index (κ1) is 22.0. The number of hydrogen-bond donors (Lipinski definition) is 2. The Kier molecular flexibility index (Phi) is 8.60. The van der Waals surface area contributed by atoms with Gasteiger partial charge in [0.05, 0.1) is 6.04 Å². The second kappa shape index (κ2) is 10.9. The Labute approximate surface area is 167 Å². The molecule has 0 radical (unpaired) electrons. The molecule has 7 nitrogen and oxygen atoms in total. The zero-order valence-corrected chi connectivity index (χ0v) is 16.9. The van der Waals surface area contributed by atoms with Gasteiger partial charge in [-0.2, -0.15) is 0 Å². The number of piperidine rings is 1. The molecule has 2 rings (SSSR count). The summed E-state index contributed by atoms with van der Waals surface area (Å²) < 4.78 is 0. The van der Waals surface area contributed by atoms with Crippen molar-refractivity contribution in [2.24, 2.45) is 22.5 Å². The Morgan fingerprint density at radius 2 is 1.89 bits per heavy atom. The van der Waals surface area contributed by atoms with Crippen molar-refractivity contribution in [3.63, 3.8) is 0 Å². The van der Waals surface area contributed by atoms with E-state index in [1.54, 1.807) is 12.1 Å². The smallest absolute Gasteiger partial charge is 0.332 e. The number of Topliss-reactive ketones (excluding diaryl/α,β-unsaturated/α-hetero) is 1. The van der Waals surface area contributed by atoms with E-state index in [1.165, 1.54) is 19.8 Å². The van der Waals surface area contributed by atoms with Crippen molar-refractivity contribution in [2.45, 2.75) is 51.5 Å². The van der Waals surface area contributed by atoms with E-state index in [1.807, 2.05) is 12.1 Å². The number of nitrogens with zero attached hydrogens (tertiary/aromatic N) is 2. The maximum Gasteiger partial charge on any atom is 0.332 e. The molecular formula is C21H32N4O3. The molecule has 0 unspecified atom stereocenters. The van der Waals surface area contributed by atoms with Crippen molar-refractivity contribution >= 4 is 17.6 Å². The maximum absolute atomic E-state index is 12.3. The fourth-order valence-electron chi connectivity index (χ4n) is 3.39. The van der Waals surface area contributed by atoms with Gasteiger partial charge in [0.25, 0.3) is 0 Å². The number of oxime groups is 1. The van der Waals surface area contributed by atoms with Crippen LogP contribution >= 0.6 is 0 Å². The fourth-order valence-corrected chi connectivity index (χ4v) is 3.39. The predicted molar refractivity (Wildman–Crippen MR) is 110 cm³/mol. The molecule has 0 aromatic heterocycles. The fraction of sp³-hybridized carbons (Fsp3) is 0.571. The van der Waals surface area contributed by atoms with Crippen LogP contribution in [0.5, 0.6) is 0 Å². The van der Waals surface area contributed by atoms with Crippen LogP contribution in [-0.2, 0) is 20.8 Å². The van der Waals surface area contributed by atoms with Crippen LogP contribution in [0, 0.1) is 5.92 Å². The maximum atomic E-state index is 12.3. The molecule has 0 amide bonds. The number of aryl methyl sites for hydroxylation is 1. The Balaban J connectivity index is 1.74. The molecule has 1 aliphatic heterocycles. The Morgan fingerprint density at radius 1 is 1.25 bits per heavy atom. The molecule has 1 aliphatic rings. The van der Waals surface area contributed by atoms with Gasteiger partial charge in [-0.25, -0.2) is 4.79 Å². The molecule has 154 valence electrons. The lowest BCUT2D eigenvalue weighted by atomic mass is 9.89. The summed E-state index contributed by atoms with van der Waals surface area (Å²) in [5.74, 6) is 0.425. The minimum absolute atomic E-state index is 0.118. The zero-order valence-electron chi connectivity index (χ0n) is 16.9. The van der Waals surface area contributed by atoms with Crippen LogP contribution in [0.15, 0.2) is 29.4 Å². The van der Waals surface area contributed by atoms with Crippen LogP contribution in [0.2, 0.25) is 0 Å². The lowest BCUT2D eigenvalue weighted by Crippen LogP contribution is -2.33. The SMILES string of the molecule is CC(=O)O/N=C(\N)c1ccc(CCC(=O)[C@@H](N)CCC2CCN(C)CC2)cc1. The van der Waals surface area contributed by atoms with Crippen LogP contribution in [0.1, 0.15) is 50.2 Å². The number of rotatable bonds is 9. The zero-order chi connectivity index (χ0) is 20.5. The molecule has 1 fully saturated rings. The second-order valence-electron chi connectivity index (χ2n) is 7.65. The topological polar surface area (TPSA) is 111 Å². The van der Waals surface area contributed by atoms with Gasteiger partial charge >= 0.3 is 5.97 Å². The van der Waals surface area contributed by atoms with Crippen molar-refractivity contribution in [2.75, 3.05) is 20.1 Å². The minimum Gasteiger partial charge on any atom is -0.380 e. The molecule has 1 aromatic carbocycles. The van der Waals surface area contributed by atoms with E-state index in [2.05, 4.69) is 21.9 Å². The largest absolute Gasteiger partial charge is 0.380 e. The molecule has 7 heteroatoms. The molecule has 1 heterocycles. The van der Waals surface area contributed by atoms with Gasteiger partial charge in [0.1, 0.15) is 5.78 Å². The molecule has 1 saturated heterocycles. The lowest BCUT2D eigenvalue weighted by Gasteiger charge is -2.29. The number of hydrogen-bond acceptors (Lipinski definition) is 6. The van der Waals surface area contributed by atoms with E-state index < -0.39 is 5.97 Å². The molecule has 0 spiro atoms. The highest BCUT2D eigenvalue weighted by atomic mass is 16.7. The summed E-state index contributed by atoms with van der Waals surface area (Å²) >= 11 is 0. The third-order valence-corrected chi connectivity index (χ3v) is 5.32. The van der Waals surface area contributed by atoms with E-state index in [0.29, 0.717) is 24.3 Å². The number of benzene rings is 1. The average Bonchev–Trinajstić information content (AvgIpc) is 2.69. The van der Waals surface area contributed by atoms with Gasteiger partial charge in [-0.05, 0) is 63.7 Å². The number of nitrogens with two attached hydrogens (primary N) is 2. The van der Waals surface area contributed by atoms with E-state index in [4.69, 9.17) is 11.5 Å². The molecule has 28 heavy (non-hydrogen) atoms. The van der Waals surface area contributed by atoms with E-state index in [-0.39, 0.29) is 17.7 Å². The predicted octanol–water partition coefficient (Wildman–Crippen LogP) is 1.82. The summed E-state index contributed by atoms with van der Waals surface area (Å²) in [7, 11) is 2.15. The summed E-state index contributed by atoms with van der Waals surface area (Å²) in [6.45, 7) is 3.54. The molecule has 4 N–H and O–H groups in total. The van der Waals surface area contributed by atoms with Crippen molar-refractivity contribution < 1.29 is 14.4 Å². The molecule has 0 saturated carbocycles. The van der Waals surface area contributed by atoms with Crippen LogP contribution in [-0.4, -0.2) is 48.7 Å². The monoisotopic (exact) mass is 388 g/mol. The van der Waals surface area contributed by atoms with Crippen molar-refractivity contribution in [3.8, 4) is 0 Å². The lowest BCUT2D eigenvalue weighted by molar-refractivity contribution is -0.140. The first-order valence-electron chi connectivity index (χ1n) is 9.92. The Hall–Kier alpha value is -2.25. The first-order valence-corrected chi connectivity index (χ1v) is 9.92. The van der Waals surface area contributed by atoms with Gasteiger partial charge in [-0.15, -0.1) is 0 Å². The standard InChI is InChI=1S/C21H32N4O3/c1-15(26)28-24-21(23)18-7-3-16(4-8-18)6-10-20(27)19(22)9-5-17-11-13-25(2)14-12-17/h3-4,7-8,17,19H,5-6,9-14,22H2,1-2H3,(H2,23,24)/t19-/m0/s1. The summed E-state index contributed by atoms with van der Waals surface area (Å²) in [5, 5.41) is 3.56. The van der Waals surface area contributed by atoms with Gasteiger partial charge < -0.3 is 21.2 Å². The van der Waals surface area contributed by atoms with Gasteiger partial charge in [0.15, 0.2) is 5.84 Å². The molecule has 1 atom stereocenters. The summed E-state index contributed by atoms with van der Waals surface area (Å²) in [5.41, 5.74) is 13.6. The average molecular weight is 389 g/mol. The van der Waals surface area contributed by atoms with E-state index in [0.717, 1.165) is 31.5 Å². The van der Waals surface area contributed by atoms with E-state index >= 15 is 0 Å². The van der Waals surface area contributed by atoms with Gasteiger partial charge in [0.2, 0.25) is 0 Å². The third-order valence-electron chi connectivity index (χ3n) is 5.32. The molecular weight excluding hydrogens is 356 g/mol. The van der Waals surface area contributed by atoms with Crippen molar-refractivity contribution in [3.05, 3.63) is 35.4 Å². The molecule has 0 aliphatic carbocycles. The normalized spacial score (nSPS) is 17.3. The highest BCUT2D eigenvalue weighted by Gasteiger charge is 2.20. The Bertz CT molecular complexity index is 679. The van der Waals surface area contributed by atoms with E-state index in [9.17, 15) is 9.59 Å². The molecule has 1 aromatic rings. The van der Waals surface area contributed by atoms with Crippen LogP contribution in [0.25, 0.3) is 0 Å². The number of carbonyl (C=O) groups is 2. The highest BCUT2D eigenvalue weighted by molar-refractivity contribution is 5.97.